The molecule has 52 heavy (non-hydrogen) atoms. The van der Waals surface area contributed by atoms with E-state index in [1.54, 1.807) is 55.7 Å². The summed E-state index contributed by atoms with van der Waals surface area (Å²) in [5, 5.41) is 0. The van der Waals surface area contributed by atoms with Crippen molar-refractivity contribution in [3.05, 3.63) is 166 Å². The minimum absolute atomic E-state index is 0. The van der Waals surface area contributed by atoms with E-state index < -0.39 is 0 Å². The second-order valence-electron chi connectivity index (χ2n) is 16.7. The third-order valence-electron chi connectivity index (χ3n) is 13.9. The van der Waals surface area contributed by atoms with Gasteiger partial charge < -0.3 is 24.8 Å². The summed E-state index contributed by atoms with van der Waals surface area (Å²) in [5.74, 6) is 2.24. The summed E-state index contributed by atoms with van der Waals surface area (Å²) in [4.78, 5) is 0. The molecule has 3 aromatic carbocycles. The van der Waals surface area contributed by atoms with Crippen molar-refractivity contribution in [1.29, 1.82) is 0 Å². The van der Waals surface area contributed by atoms with Crippen molar-refractivity contribution in [2.45, 2.75) is 93.9 Å². The topological polar surface area (TPSA) is 0 Å². The fourth-order valence-corrected chi connectivity index (χ4v) is 10.7. The van der Waals surface area contributed by atoms with E-state index in [2.05, 4.69) is 165 Å². The first-order valence-electron chi connectivity index (χ1n) is 18.8. The van der Waals surface area contributed by atoms with Gasteiger partial charge in [0, 0.05) is 0 Å². The summed E-state index contributed by atoms with van der Waals surface area (Å²) >= 11 is 1.55. The molecule has 1 fully saturated rings. The van der Waals surface area contributed by atoms with Crippen LogP contribution in [0.2, 0.25) is 0 Å². The Morgan fingerprint density at radius 2 is 1.35 bits per heavy atom. The van der Waals surface area contributed by atoms with Gasteiger partial charge in [-0.25, -0.2) is 18.1 Å². The van der Waals surface area contributed by atoms with Crippen LogP contribution in [-0.2, 0) is 43.5 Å². The number of fused-ring (bicyclic) bond motifs is 6. The van der Waals surface area contributed by atoms with Gasteiger partial charge in [0.25, 0.3) is 0 Å². The molecule has 0 radical (unpaired) electrons. The standard InChI is InChI=1S/C29H37.C15H14.C5H5.2ClH.Zr/c1-18-25-22-17-19-13-9-10-14-20(19)24(22)21-15-11-12-16-23(21)29(25,8)28(6,7)27(4,5)26(18,2)3;1-3-8-14(9-4-1)12-7-13-15-10-5-2-6-11-15;1-2-4-5-3-1;;;/h9-11,13-15,23H,12,16-17H2,1-8H3;1-6,8-11H,12-13H2;1-3H,4H2;2*1H;/q-1;;-1;;;+2/p-2. The predicted molar refractivity (Wildman–Crippen MR) is 211 cm³/mol. The summed E-state index contributed by atoms with van der Waals surface area (Å²) in [6.07, 6.45) is 20.7. The Labute approximate surface area is 343 Å². The van der Waals surface area contributed by atoms with Gasteiger partial charge in [0.2, 0.25) is 0 Å². The van der Waals surface area contributed by atoms with Gasteiger partial charge in [0.1, 0.15) is 0 Å². The van der Waals surface area contributed by atoms with Crippen molar-refractivity contribution in [2.75, 3.05) is 0 Å². The van der Waals surface area contributed by atoms with Crippen LogP contribution < -0.4 is 24.8 Å². The Balaban J connectivity index is 0.000000221. The van der Waals surface area contributed by atoms with Crippen molar-refractivity contribution >= 4 is 8.78 Å². The molecular formula is C49H56Cl2Zr-2. The van der Waals surface area contributed by atoms with Crippen LogP contribution in [0.5, 0.6) is 0 Å². The van der Waals surface area contributed by atoms with Gasteiger partial charge in [-0.05, 0) is 40.6 Å². The van der Waals surface area contributed by atoms with Crippen molar-refractivity contribution in [2.24, 2.45) is 27.6 Å². The van der Waals surface area contributed by atoms with Gasteiger partial charge in [-0.1, -0.05) is 113 Å². The third-order valence-corrected chi connectivity index (χ3v) is 14.8. The Kier molecular flexibility index (Phi) is 13.8. The van der Waals surface area contributed by atoms with E-state index in [1.165, 1.54) is 35.1 Å². The first kappa shape index (κ1) is 42.3. The van der Waals surface area contributed by atoms with Gasteiger partial charge in [-0.15, -0.1) is 13.3 Å². The van der Waals surface area contributed by atoms with E-state index in [0.29, 0.717) is 5.92 Å². The quantitative estimate of drug-likeness (QED) is 0.266. The molecule has 5 aliphatic rings. The van der Waals surface area contributed by atoms with E-state index in [0.717, 1.165) is 25.7 Å². The van der Waals surface area contributed by atoms with Crippen molar-refractivity contribution in [3.8, 4) is 0 Å². The van der Waals surface area contributed by atoms with E-state index in [9.17, 15) is 0 Å². The van der Waals surface area contributed by atoms with Crippen LogP contribution >= 0.6 is 0 Å². The van der Waals surface area contributed by atoms with E-state index >= 15 is 0 Å². The first-order chi connectivity index (χ1) is 23.8. The molecule has 0 bridgehead atoms. The van der Waals surface area contributed by atoms with Gasteiger partial charge in [-0.3, -0.25) is 6.08 Å². The molecule has 272 valence electrons. The maximum atomic E-state index is 2.99. The van der Waals surface area contributed by atoms with Crippen LogP contribution in [0.4, 0.5) is 0 Å². The number of hydrogen-bond donors (Lipinski definition) is 0. The SMILES string of the molecule is C[C-]1C2=C3Cc4ccccc4C3=C3C=CCCC3C2(C)C(C)(C)C(C)(C)C1(C)C.[C-]1=CC=CC1.[Cl-].[Cl-].[Zr+2]=[C](Cc1ccccc1)Cc1ccccc1. The molecule has 3 aromatic rings. The summed E-state index contributed by atoms with van der Waals surface area (Å²) in [6, 6.07) is 30.6. The molecule has 5 aliphatic carbocycles. The average molecular weight is 807 g/mol. The summed E-state index contributed by atoms with van der Waals surface area (Å²) in [7, 11) is 0. The van der Waals surface area contributed by atoms with Crippen LogP contribution in [0, 0.1) is 39.6 Å². The van der Waals surface area contributed by atoms with Gasteiger partial charge in [0.15, 0.2) is 0 Å². The summed E-state index contributed by atoms with van der Waals surface area (Å²) in [5.41, 5.74) is 13.1. The van der Waals surface area contributed by atoms with Crippen LogP contribution in [0.25, 0.3) is 5.57 Å². The number of halogens is 2. The number of rotatable bonds is 4. The molecule has 8 rings (SSSR count). The van der Waals surface area contributed by atoms with Crippen LogP contribution in [0.1, 0.15) is 96.9 Å². The van der Waals surface area contributed by atoms with Crippen molar-refractivity contribution < 1.29 is 49.0 Å². The van der Waals surface area contributed by atoms with Crippen molar-refractivity contribution in [3.63, 3.8) is 0 Å². The fourth-order valence-electron chi connectivity index (χ4n) is 9.66. The minimum atomic E-state index is 0. The average Bonchev–Trinajstić information content (AvgIpc) is 3.81. The van der Waals surface area contributed by atoms with E-state index in [4.69, 9.17) is 0 Å². The number of hydrogen-bond acceptors (Lipinski definition) is 0. The second-order valence-corrected chi connectivity index (χ2v) is 18.4. The molecule has 0 N–H and O–H groups in total. The Morgan fingerprint density at radius 3 is 1.88 bits per heavy atom. The van der Waals surface area contributed by atoms with Gasteiger partial charge in [-0.2, -0.15) is 17.2 Å². The zero-order valence-corrected chi connectivity index (χ0v) is 36.5. The second kappa shape index (κ2) is 16.9. The van der Waals surface area contributed by atoms with Gasteiger partial charge >= 0.3 is 112 Å². The zero-order valence-electron chi connectivity index (χ0n) is 32.5. The van der Waals surface area contributed by atoms with Gasteiger partial charge in [0.05, 0.1) is 0 Å². The van der Waals surface area contributed by atoms with Crippen LogP contribution in [0.15, 0.2) is 132 Å². The molecule has 3 heteroatoms. The monoisotopic (exact) mass is 804 g/mol. The maximum absolute atomic E-state index is 2.99. The number of allylic oxidation sites excluding steroid dienone is 10. The molecule has 0 saturated heterocycles. The van der Waals surface area contributed by atoms with E-state index in [1.807, 2.05) is 12.2 Å². The molecule has 0 amide bonds. The molecule has 0 nitrogen and oxygen atoms in total. The molecule has 0 aromatic heterocycles. The molecule has 2 atom stereocenters. The predicted octanol–water partition coefficient (Wildman–Crippen LogP) is 6.47. The van der Waals surface area contributed by atoms with Crippen molar-refractivity contribution in [1.82, 2.24) is 0 Å². The first-order valence-corrected chi connectivity index (χ1v) is 20.0. The summed E-state index contributed by atoms with van der Waals surface area (Å²) in [6.45, 7) is 20.3. The summed E-state index contributed by atoms with van der Waals surface area (Å²) < 4.78 is 1.60. The Bertz CT molecular complexity index is 1810. The fraction of sp³-hybridized carbons (Fsp3) is 0.388. The zero-order chi connectivity index (χ0) is 35.7. The molecule has 0 aliphatic heterocycles. The molecular weight excluding hydrogens is 751 g/mol. The molecule has 0 heterocycles. The number of benzene rings is 3. The normalized spacial score (nSPS) is 23.3. The molecule has 0 spiro atoms. The molecule has 1 saturated carbocycles. The Hall–Kier alpha value is -2.44. The van der Waals surface area contributed by atoms with Crippen LogP contribution in [0.3, 0.4) is 0 Å². The van der Waals surface area contributed by atoms with E-state index in [-0.39, 0.29) is 46.5 Å². The third kappa shape index (κ3) is 7.46. The molecule has 2 unspecified atom stereocenters. The van der Waals surface area contributed by atoms with Crippen LogP contribution in [-0.4, -0.2) is 3.21 Å². The Morgan fingerprint density at radius 1 is 0.769 bits per heavy atom.